The van der Waals surface area contributed by atoms with E-state index >= 15 is 0 Å². The van der Waals surface area contributed by atoms with Crippen LogP contribution >= 0.6 is 15.9 Å². The van der Waals surface area contributed by atoms with Crippen LogP contribution in [0.5, 0.6) is 0 Å². The molecule has 0 radical (unpaired) electrons. The average Bonchev–Trinajstić information content (AvgIpc) is 2.49. The van der Waals surface area contributed by atoms with Gasteiger partial charge < -0.3 is 4.90 Å². The van der Waals surface area contributed by atoms with Crippen molar-refractivity contribution in [3.63, 3.8) is 0 Å². The van der Waals surface area contributed by atoms with Crippen molar-refractivity contribution in [2.45, 2.75) is 13.8 Å². The third-order valence-corrected chi connectivity index (χ3v) is 3.56. The van der Waals surface area contributed by atoms with Gasteiger partial charge in [-0.3, -0.25) is 10.2 Å². The molecule has 1 aromatic rings. The Hall–Kier alpha value is -1.95. The van der Waals surface area contributed by atoms with Crippen LogP contribution in [0.2, 0.25) is 0 Å². The van der Waals surface area contributed by atoms with Crippen molar-refractivity contribution < 1.29 is 4.79 Å². The summed E-state index contributed by atoms with van der Waals surface area (Å²) in [4.78, 5) is 18.3. The van der Waals surface area contributed by atoms with Crippen LogP contribution < -0.4 is 5.43 Å². The molecule has 0 spiro atoms. The van der Waals surface area contributed by atoms with E-state index in [0.717, 1.165) is 23.3 Å². The Morgan fingerprint density at radius 3 is 2.62 bits per heavy atom. The number of hydrogen-bond donors (Lipinski definition) is 1. The number of allylic oxidation sites excluding steroid dienone is 3. The SMILES string of the molecule is CCN(CC)C1=CC(=O)/C(=N/Nc2ccc(Br)cn2)C=C1. The highest BCUT2D eigenvalue weighted by molar-refractivity contribution is 9.10. The highest BCUT2D eigenvalue weighted by Crippen LogP contribution is 2.13. The second kappa shape index (κ2) is 7.17. The van der Waals surface area contributed by atoms with E-state index in [-0.39, 0.29) is 5.78 Å². The summed E-state index contributed by atoms with van der Waals surface area (Å²) in [6.45, 7) is 5.86. The Balaban J connectivity index is 2.07. The minimum atomic E-state index is -0.107. The zero-order valence-electron chi connectivity index (χ0n) is 12.0. The van der Waals surface area contributed by atoms with Crippen LogP contribution in [0.15, 0.2) is 51.8 Å². The Labute approximate surface area is 132 Å². The van der Waals surface area contributed by atoms with Gasteiger partial charge in [-0.15, -0.1) is 0 Å². The van der Waals surface area contributed by atoms with E-state index in [2.05, 4.69) is 50.2 Å². The smallest absolute Gasteiger partial charge is 0.208 e. The minimum Gasteiger partial charge on any atom is -0.372 e. The molecule has 0 atom stereocenters. The number of carbonyl (C=O) groups excluding carboxylic acids is 1. The zero-order chi connectivity index (χ0) is 15.2. The minimum absolute atomic E-state index is 0.107. The highest BCUT2D eigenvalue weighted by atomic mass is 79.9. The van der Waals surface area contributed by atoms with Gasteiger partial charge in [-0.2, -0.15) is 5.10 Å². The molecule has 21 heavy (non-hydrogen) atoms. The van der Waals surface area contributed by atoms with E-state index in [0.29, 0.717) is 11.5 Å². The van der Waals surface area contributed by atoms with Crippen LogP contribution in [0.3, 0.4) is 0 Å². The van der Waals surface area contributed by atoms with E-state index in [1.165, 1.54) is 0 Å². The summed E-state index contributed by atoms with van der Waals surface area (Å²) in [5, 5.41) is 4.10. The summed E-state index contributed by atoms with van der Waals surface area (Å²) >= 11 is 3.31. The molecule has 110 valence electrons. The van der Waals surface area contributed by atoms with Crippen molar-refractivity contribution in [2.24, 2.45) is 5.10 Å². The van der Waals surface area contributed by atoms with Gasteiger partial charge in [0.2, 0.25) is 5.78 Å². The molecule has 0 aromatic carbocycles. The number of hydrogen-bond acceptors (Lipinski definition) is 5. The lowest BCUT2D eigenvalue weighted by atomic mass is 10.1. The Bertz CT molecular complexity index is 601. The fourth-order valence-electron chi connectivity index (χ4n) is 1.94. The van der Waals surface area contributed by atoms with Crippen molar-refractivity contribution in [1.82, 2.24) is 9.88 Å². The van der Waals surface area contributed by atoms with Gasteiger partial charge in [0.1, 0.15) is 11.5 Å². The molecule has 0 unspecified atom stereocenters. The molecule has 0 fully saturated rings. The molecule has 0 aliphatic heterocycles. The fraction of sp³-hybridized carbons (Fsp3) is 0.267. The second-order valence-corrected chi connectivity index (χ2v) is 5.33. The molecule has 1 aliphatic rings. The van der Waals surface area contributed by atoms with Crippen molar-refractivity contribution >= 4 is 33.2 Å². The Morgan fingerprint density at radius 1 is 1.29 bits per heavy atom. The lowest BCUT2D eigenvalue weighted by Crippen LogP contribution is -2.25. The van der Waals surface area contributed by atoms with Gasteiger partial charge in [0.05, 0.1) is 0 Å². The maximum absolute atomic E-state index is 12.1. The number of carbonyl (C=O) groups is 1. The third-order valence-electron chi connectivity index (χ3n) is 3.09. The van der Waals surface area contributed by atoms with Gasteiger partial charge in [0, 0.05) is 35.5 Å². The molecule has 1 N–H and O–H groups in total. The standard InChI is InChI=1S/C15H17BrN4O/c1-3-20(4-2)12-6-7-13(14(21)9-12)18-19-15-8-5-11(16)10-17-15/h5-10H,3-4H2,1-2H3,(H,17,19)/b18-13+. The summed E-state index contributed by atoms with van der Waals surface area (Å²) < 4.78 is 0.890. The first-order valence-electron chi connectivity index (χ1n) is 6.78. The largest absolute Gasteiger partial charge is 0.372 e. The average molecular weight is 349 g/mol. The van der Waals surface area contributed by atoms with Gasteiger partial charge in [0.25, 0.3) is 0 Å². The number of nitrogens with zero attached hydrogens (tertiary/aromatic N) is 3. The Kier molecular flexibility index (Phi) is 5.27. The molecule has 2 rings (SSSR count). The quantitative estimate of drug-likeness (QED) is 0.656. The Morgan fingerprint density at radius 2 is 2.05 bits per heavy atom. The van der Waals surface area contributed by atoms with E-state index in [9.17, 15) is 4.79 Å². The number of anilines is 1. The molecule has 0 saturated heterocycles. The highest BCUT2D eigenvalue weighted by Gasteiger charge is 2.14. The molecule has 0 bridgehead atoms. The van der Waals surface area contributed by atoms with Crippen LogP contribution in [0, 0.1) is 0 Å². The molecule has 0 saturated carbocycles. The topological polar surface area (TPSA) is 57.6 Å². The van der Waals surface area contributed by atoms with Crippen molar-refractivity contribution in [1.29, 1.82) is 0 Å². The summed E-state index contributed by atoms with van der Waals surface area (Å²) in [7, 11) is 0. The number of rotatable bonds is 5. The molecule has 0 amide bonds. The lowest BCUT2D eigenvalue weighted by molar-refractivity contribution is -0.108. The van der Waals surface area contributed by atoms with Crippen LogP contribution in [0.1, 0.15) is 13.8 Å². The van der Waals surface area contributed by atoms with Crippen LogP contribution in [-0.4, -0.2) is 34.5 Å². The molecule has 1 aliphatic carbocycles. The molecular formula is C15H17BrN4O. The maximum Gasteiger partial charge on any atom is 0.208 e. The van der Waals surface area contributed by atoms with E-state index in [1.807, 2.05) is 12.1 Å². The van der Waals surface area contributed by atoms with Crippen molar-refractivity contribution in [3.8, 4) is 0 Å². The second-order valence-electron chi connectivity index (χ2n) is 4.41. The van der Waals surface area contributed by atoms with E-state index in [1.54, 1.807) is 24.4 Å². The molecule has 5 nitrogen and oxygen atoms in total. The summed E-state index contributed by atoms with van der Waals surface area (Å²) in [5.41, 5.74) is 4.08. The van der Waals surface area contributed by atoms with Crippen molar-refractivity contribution in [2.75, 3.05) is 18.5 Å². The zero-order valence-corrected chi connectivity index (χ0v) is 13.6. The van der Waals surface area contributed by atoms with Gasteiger partial charge in [-0.1, -0.05) is 0 Å². The maximum atomic E-state index is 12.1. The van der Waals surface area contributed by atoms with Gasteiger partial charge >= 0.3 is 0 Å². The molecule has 1 aromatic heterocycles. The van der Waals surface area contributed by atoms with Crippen molar-refractivity contribution in [3.05, 3.63) is 46.7 Å². The predicted octanol–water partition coefficient (Wildman–Crippen LogP) is 2.98. The predicted molar refractivity (Wildman–Crippen MR) is 88.1 cm³/mol. The number of likely N-dealkylation sites (N-methyl/N-ethyl adjacent to an activating group) is 1. The third kappa shape index (κ3) is 4.01. The number of nitrogens with one attached hydrogen (secondary N) is 1. The first-order chi connectivity index (χ1) is 10.1. The summed E-state index contributed by atoms with van der Waals surface area (Å²) in [6, 6.07) is 3.63. The normalized spacial score (nSPS) is 16.0. The van der Waals surface area contributed by atoms with Gasteiger partial charge in [-0.05, 0) is 54.1 Å². The van der Waals surface area contributed by atoms with Gasteiger partial charge in [-0.25, -0.2) is 4.98 Å². The van der Waals surface area contributed by atoms with Crippen LogP contribution in [-0.2, 0) is 4.79 Å². The lowest BCUT2D eigenvalue weighted by Gasteiger charge is -2.23. The monoisotopic (exact) mass is 348 g/mol. The van der Waals surface area contributed by atoms with Gasteiger partial charge in [0.15, 0.2) is 0 Å². The first kappa shape index (κ1) is 15.4. The number of hydrazone groups is 1. The molecule has 1 heterocycles. The van der Waals surface area contributed by atoms with E-state index < -0.39 is 0 Å². The van der Waals surface area contributed by atoms with E-state index in [4.69, 9.17) is 0 Å². The van der Waals surface area contributed by atoms with Crippen LogP contribution in [0.25, 0.3) is 0 Å². The fourth-order valence-corrected chi connectivity index (χ4v) is 2.17. The molecule has 6 heteroatoms. The first-order valence-corrected chi connectivity index (χ1v) is 7.57. The van der Waals surface area contributed by atoms with Crippen LogP contribution in [0.4, 0.5) is 5.82 Å². The number of pyridine rings is 1. The number of ketones is 1. The summed E-state index contributed by atoms with van der Waals surface area (Å²) in [5.74, 6) is 0.481. The molecular weight excluding hydrogens is 332 g/mol. The number of aromatic nitrogens is 1. The summed E-state index contributed by atoms with van der Waals surface area (Å²) in [6.07, 6.45) is 6.91. The number of halogens is 1.